The molecule has 16 heavy (non-hydrogen) atoms. The molecule has 86 valence electrons. The molecule has 5 nitrogen and oxygen atoms in total. The second kappa shape index (κ2) is 5.93. The largest absolute Gasteiger partial charge is 0.393 e. The van der Waals surface area contributed by atoms with E-state index in [4.69, 9.17) is 5.26 Å². The van der Waals surface area contributed by atoms with Crippen LogP contribution in [0.2, 0.25) is 0 Å². The summed E-state index contributed by atoms with van der Waals surface area (Å²) in [6.45, 7) is 2.32. The average Bonchev–Trinajstić information content (AvgIpc) is 2.77. The van der Waals surface area contributed by atoms with Gasteiger partial charge in [0.25, 0.3) is 5.91 Å². The summed E-state index contributed by atoms with van der Waals surface area (Å²) < 4.78 is 0. The Labute approximate surface area is 94.1 Å². The van der Waals surface area contributed by atoms with Crippen molar-refractivity contribution in [1.82, 2.24) is 10.3 Å². The van der Waals surface area contributed by atoms with Gasteiger partial charge in [0.2, 0.25) is 0 Å². The highest BCUT2D eigenvalue weighted by Crippen LogP contribution is 2.02. The molecule has 0 aliphatic rings. The Bertz CT molecular complexity index is 392. The van der Waals surface area contributed by atoms with E-state index in [1.54, 1.807) is 0 Å². The minimum absolute atomic E-state index is 0.235. The molecule has 1 aromatic rings. The quantitative estimate of drug-likeness (QED) is 0.686. The van der Waals surface area contributed by atoms with E-state index in [1.165, 1.54) is 12.3 Å². The van der Waals surface area contributed by atoms with Gasteiger partial charge < -0.3 is 15.4 Å². The summed E-state index contributed by atoms with van der Waals surface area (Å²) in [7, 11) is 0. The average molecular weight is 221 g/mol. The predicted molar refractivity (Wildman–Crippen MR) is 58.8 cm³/mol. The van der Waals surface area contributed by atoms with Crippen molar-refractivity contribution in [2.24, 2.45) is 0 Å². The smallest absolute Gasteiger partial charge is 0.252 e. The maximum atomic E-state index is 11.5. The maximum absolute atomic E-state index is 11.5. The number of carbonyl (C=O) groups is 1. The minimum atomic E-state index is -0.374. The summed E-state index contributed by atoms with van der Waals surface area (Å²) in [5.41, 5.74) is 0.793. The summed E-state index contributed by atoms with van der Waals surface area (Å²) in [6, 6.07) is 3.40. The van der Waals surface area contributed by atoms with Crippen molar-refractivity contribution in [1.29, 1.82) is 5.26 Å². The molecule has 0 spiro atoms. The Kier molecular flexibility index (Phi) is 4.55. The van der Waals surface area contributed by atoms with Gasteiger partial charge in [-0.05, 0) is 18.9 Å². The Morgan fingerprint density at radius 2 is 2.50 bits per heavy atom. The van der Waals surface area contributed by atoms with Crippen LogP contribution in [0, 0.1) is 11.3 Å². The number of aliphatic hydroxyl groups is 1. The zero-order valence-corrected chi connectivity index (χ0v) is 9.16. The topological polar surface area (TPSA) is 88.9 Å². The van der Waals surface area contributed by atoms with E-state index < -0.39 is 0 Å². The highest BCUT2D eigenvalue weighted by molar-refractivity contribution is 5.94. The lowest BCUT2D eigenvalue weighted by atomic mass is 10.2. The fourth-order valence-electron chi connectivity index (χ4n) is 1.25. The molecule has 0 radical (unpaired) electrons. The number of H-pyrrole nitrogens is 1. The maximum Gasteiger partial charge on any atom is 0.252 e. The van der Waals surface area contributed by atoms with Crippen LogP contribution >= 0.6 is 0 Å². The molecular formula is C11H15N3O2. The first kappa shape index (κ1) is 12.3. The minimum Gasteiger partial charge on any atom is -0.393 e. The van der Waals surface area contributed by atoms with Crippen molar-refractivity contribution >= 4 is 5.91 Å². The number of hydrogen-bond acceptors (Lipinski definition) is 3. The van der Waals surface area contributed by atoms with Gasteiger partial charge in [-0.25, -0.2) is 0 Å². The van der Waals surface area contributed by atoms with E-state index in [2.05, 4.69) is 10.3 Å². The van der Waals surface area contributed by atoms with Gasteiger partial charge in [-0.1, -0.05) is 6.92 Å². The van der Waals surface area contributed by atoms with Crippen molar-refractivity contribution in [2.75, 3.05) is 6.54 Å². The highest BCUT2D eigenvalue weighted by atomic mass is 16.3. The Morgan fingerprint density at radius 3 is 3.06 bits per heavy atom. The molecule has 1 aromatic heterocycles. The third kappa shape index (κ3) is 3.41. The van der Waals surface area contributed by atoms with Gasteiger partial charge in [-0.15, -0.1) is 0 Å². The number of hydrogen-bond donors (Lipinski definition) is 3. The monoisotopic (exact) mass is 221 g/mol. The number of nitrogens with zero attached hydrogens (tertiary/aromatic N) is 1. The van der Waals surface area contributed by atoms with Crippen molar-refractivity contribution in [3.05, 3.63) is 23.5 Å². The summed E-state index contributed by atoms with van der Waals surface area (Å²) >= 11 is 0. The molecule has 0 saturated heterocycles. The van der Waals surface area contributed by atoms with Gasteiger partial charge in [0, 0.05) is 12.7 Å². The van der Waals surface area contributed by atoms with E-state index >= 15 is 0 Å². The second-order valence-corrected chi connectivity index (χ2v) is 3.52. The molecule has 0 fully saturated rings. The van der Waals surface area contributed by atoms with Crippen LogP contribution in [0.25, 0.3) is 0 Å². The van der Waals surface area contributed by atoms with Crippen molar-refractivity contribution in [2.45, 2.75) is 25.9 Å². The Morgan fingerprint density at radius 1 is 1.75 bits per heavy atom. The van der Waals surface area contributed by atoms with Crippen LogP contribution in [0.4, 0.5) is 0 Å². The Balaban J connectivity index is 2.38. The molecule has 0 saturated carbocycles. The number of aromatic amines is 1. The lowest BCUT2D eigenvalue weighted by Crippen LogP contribution is -2.26. The van der Waals surface area contributed by atoms with Gasteiger partial charge in [0.1, 0.15) is 11.8 Å². The van der Waals surface area contributed by atoms with Crippen LogP contribution in [0.5, 0.6) is 0 Å². The van der Waals surface area contributed by atoms with Gasteiger partial charge >= 0.3 is 0 Å². The molecule has 1 amide bonds. The van der Waals surface area contributed by atoms with Crippen molar-refractivity contribution in [3.63, 3.8) is 0 Å². The Hall–Kier alpha value is -1.80. The van der Waals surface area contributed by atoms with Crippen LogP contribution in [-0.4, -0.2) is 28.6 Å². The molecule has 0 aliphatic heterocycles. The first-order valence-electron chi connectivity index (χ1n) is 5.22. The lowest BCUT2D eigenvalue weighted by Gasteiger charge is -2.07. The molecule has 1 unspecified atom stereocenters. The molecule has 1 atom stereocenters. The number of nitriles is 1. The lowest BCUT2D eigenvalue weighted by molar-refractivity contribution is 0.0942. The van der Waals surface area contributed by atoms with Gasteiger partial charge in [-0.2, -0.15) is 5.26 Å². The molecule has 5 heteroatoms. The summed E-state index contributed by atoms with van der Waals surface area (Å²) in [6.07, 6.45) is 2.33. The number of aromatic nitrogens is 1. The number of carbonyl (C=O) groups excluding carboxylic acids is 1. The number of nitrogens with one attached hydrogen (secondary N) is 2. The molecule has 0 aromatic carbocycles. The van der Waals surface area contributed by atoms with Crippen LogP contribution in [0.1, 0.15) is 35.8 Å². The van der Waals surface area contributed by atoms with E-state index in [0.717, 1.165) is 0 Å². The van der Waals surface area contributed by atoms with Crippen molar-refractivity contribution < 1.29 is 9.90 Å². The third-order valence-corrected chi connectivity index (χ3v) is 2.30. The van der Waals surface area contributed by atoms with Crippen LogP contribution < -0.4 is 5.32 Å². The zero-order valence-electron chi connectivity index (χ0n) is 9.16. The summed E-state index contributed by atoms with van der Waals surface area (Å²) in [4.78, 5) is 14.2. The van der Waals surface area contributed by atoms with Crippen LogP contribution in [0.3, 0.4) is 0 Å². The SMILES string of the molecule is CCC(O)CCNC(=O)c1c[nH]c(C#N)c1. The van der Waals surface area contributed by atoms with E-state index in [0.29, 0.717) is 30.6 Å². The normalized spacial score (nSPS) is 11.8. The first-order chi connectivity index (χ1) is 7.67. The van der Waals surface area contributed by atoms with Crippen LogP contribution in [0.15, 0.2) is 12.3 Å². The fourth-order valence-corrected chi connectivity index (χ4v) is 1.25. The molecule has 0 aliphatic carbocycles. The third-order valence-electron chi connectivity index (χ3n) is 2.30. The highest BCUT2D eigenvalue weighted by Gasteiger charge is 2.08. The fraction of sp³-hybridized carbons (Fsp3) is 0.455. The molecule has 0 bridgehead atoms. The van der Waals surface area contributed by atoms with Gasteiger partial charge in [0.05, 0.1) is 11.7 Å². The molecule has 1 heterocycles. The molecule has 1 rings (SSSR count). The standard InChI is InChI=1S/C11H15N3O2/c1-2-10(15)3-4-13-11(16)8-5-9(6-12)14-7-8/h5,7,10,14-15H,2-4H2,1H3,(H,13,16). The zero-order chi connectivity index (χ0) is 12.0. The van der Waals surface area contributed by atoms with E-state index in [-0.39, 0.29) is 12.0 Å². The van der Waals surface area contributed by atoms with E-state index in [1.807, 2.05) is 13.0 Å². The summed E-state index contributed by atoms with van der Waals surface area (Å²) in [5.74, 6) is -0.235. The van der Waals surface area contributed by atoms with Crippen LogP contribution in [-0.2, 0) is 0 Å². The predicted octanol–water partition coefficient (Wildman–Crippen LogP) is 0.777. The summed E-state index contributed by atoms with van der Waals surface area (Å²) in [5, 5.41) is 20.5. The van der Waals surface area contributed by atoms with Crippen molar-refractivity contribution in [3.8, 4) is 6.07 Å². The molecular weight excluding hydrogens is 206 g/mol. The van der Waals surface area contributed by atoms with Gasteiger partial charge in [-0.3, -0.25) is 4.79 Å². The molecule has 3 N–H and O–H groups in total. The number of aliphatic hydroxyl groups excluding tert-OH is 1. The number of rotatable bonds is 5. The first-order valence-corrected chi connectivity index (χ1v) is 5.22. The second-order valence-electron chi connectivity index (χ2n) is 3.52. The van der Waals surface area contributed by atoms with Gasteiger partial charge in [0.15, 0.2) is 0 Å². The van der Waals surface area contributed by atoms with E-state index in [9.17, 15) is 9.90 Å². The number of amides is 1.